The van der Waals surface area contributed by atoms with Gasteiger partial charge in [0.15, 0.2) is 0 Å². The number of nitrogens with two attached hydrogens (primary N) is 1. The average Bonchev–Trinajstić information content (AvgIpc) is 2.41. The van der Waals surface area contributed by atoms with Crippen LogP contribution in [-0.2, 0) is 0 Å². The van der Waals surface area contributed by atoms with Crippen LogP contribution in [0.4, 0.5) is 18.0 Å². The molecule has 2 N–H and O–H groups in total. The number of nitrogens with zero attached hydrogens (tertiary/aromatic N) is 2. The van der Waals surface area contributed by atoms with Crippen molar-refractivity contribution >= 4 is 11.9 Å². The van der Waals surface area contributed by atoms with E-state index in [1.807, 2.05) is 0 Å². The molecule has 18 heavy (non-hydrogen) atoms. The highest BCUT2D eigenvalue weighted by molar-refractivity contribution is 6.05. The molecule has 2 amide bonds. The highest BCUT2D eigenvalue weighted by atomic mass is 19.4. The molecule has 0 aromatic heterocycles. The SMILES string of the molecule is C#CCN1C(=O)N=C(N)C1(C)CCCC(F)(F)F. The third-order valence-corrected chi connectivity index (χ3v) is 2.97. The zero-order valence-electron chi connectivity index (χ0n) is 9.92. The Hall–Kier alpha value is -1.71. The van der Waals surface area contributed by atoms with Gasteiger partial charge in [0.25, 0.3) is 0 Å². The Labute approximate surface area is 103 Å². The Balaban J connectivity index is 2.73. The summed E-state index contributed by atoms with van der Waals surface area (Å²) >= 11 is 0. The van der Waals surface area contributed by atoms with Gasteiger partial charge in [0, 0.05) is 6.42 Å². The van der Waals surface area contributed by atoms with Gasteiger partial charge in [-0.05, 0) is 19.8 Å². The molecule has 0 bridgehead atoms. The van der Waals surface area contributed by atoms with Crippen molar-refractivity contribution < 1.29 is 18.0 Å². The minimum Gasteiger partial charge on any atom is -0.385 e. The number of alkyl halides is 3. The Morgan fingerprint density at radius 2 is 2.17 bits per heavy atom. The maximum Gasteiger partial charge on any atom is 0.389 e. The van der Waals surface area contributed by atoms with Gasteiger partial charge in [0.2, 0.25) is 0 Å². The Morgan fingerprint density at radius 3 is 2.67 bits per heavy atom. The first-order valence-corrected chi connectivity index (χ1v) is 5.37. The summed E-state index contributed by atoms with van der Waals surface area (Å²) in [6.07, 6.45) is -0.0794. The summed E-state index contributed by atoms with van der Waals surface area (Å²) in [6.45, 7) is 1.55. The van der Waals surface area contributed by atoms with Crippen LogP contribution < -0.4 is 5.73 Å². The summed E-state index contributed by atoms with van der Waals surface area (Å²) < 4.78 is 36.3. The number of amidine groups is 1. The molecule has 0 radical (unpaired) electrons. The van der Waals surface area contributed by atoms with E-state index in [0.717, 1.165) is 0 Å². The lowest BCUT2D eigenvalue weighted by atomic mass is 9.92. The van der Waals surface area contributed by atoms with E-state index in [2.05, 4.69) is 10.9 Å². The summed E-state index contributed by atoms with van der Waals surface area (Å²) in [5.41, 5.74) is 4.59. The van der Waals surface area contributed by atoms with Crippen LogP contribution in [0, 0.1) is 12.3 Å². The van der Waals surface area contributed by atoms with Crippen molar-refractivity contribution in [3.8, 4) is 12.3 Å². The van der Waals surface area contributed by atoms with Crippen LogP contribution in [0.3, 0.4) is 0 Å². The van der Waals surface area contributed by atoms with E-state index in [1.165, 1.54) is 4.90 Å². The maximum atomic E-state index is 12.1. The number of terminal acetylenes is 1. The van der Waals surface area contributed by atoms with Crippen LogP contribution in [0.5, 0.6) is 0 Å². The number of carbonyl (C=O) groups is 1. The maximum absolute atomic E-state index is 12.1. The molecule has 100 valence electrons. The highest BCUT2D eigenvalue weighted by Crippen LogP contribution is 2.31. The second-order valence-electron chi connectivity index (χ2n) is 4.31. The van der Waals surface area contributed by atoms with Crippen molar-refractivity contribution in [1.29, 1.82) is 0 Å². The summed E-state index contributed by atoms with van der Waals surface area (Å²) in [6, 6.07) is -0.597. The molecule has 1 rings (SSSR count). The lowest BCUT2D eigenvalue weighted by Crippen LogP contribution is -2.52. The molecule has 1 aliphatic rings. The van der Waals surface area contributed by atoms with Gasteiger partial charge in [0.1, 0.15) is 11.4 Å². The molecule has 1 aliphatic heterocycles. The first kappa shape index (κ1) is 14.4. The van der Waals surface area contributed by atoms with E-state index in [0.29, 0.717) is 0 Å². The number of amides is 2. The van der Waals surface area contributed by atoms with Crippen molar-refractivity contribution in [2.45, 2.75) is 37.9 Å². The first-order chi connectivity index (χ1) is 8.20. The van der Waals surface area contributed by atoms with Gasteiger partial charge < -0.3 is 5.73 Å². The number of hydrogen-bond donors (Lipinski definition) is 1. The van der Waals surface area contributed by atoms with Crippen LogP contribution in [-0.4, -0.2) is 35.0 Å². The molecule has 4 nitrogen and oxygen atoms in total. The van der Waals surface area contributed by atoms with E-state index >= 15 is 0 Å². The van der Waals surface area contributed by atoms with E-state index in [-0.39, 0.29) is 25.2 Å². The van der Waals surface area contributed by atoms with Crippen molar-refractivity contribution in [3.05, 3.63) is 0 Å². The van der Waals surface area contributed by atoms with Gasteiger partial charge in [0.05, 0.1) is 6.54 Å². The number of carbonyl (C=O) groups excluding carboxylic acids is 1. The van der Waals surface area contributed by atoms with Crippen molar-refractivity contribution in [3.63, 3.8) is 0 Å². The summed E-state index contributed by atoms with van der Waals surface area (Å²) in [4.78, 5) is 16.3. The molecule has 1 unspecified atom stereocenters. The smallest absolute Gasteiger partial charge is 0.385 e. The lowest BCUT2D eigenvalue weighted by Gasteiger charge is -2.33. The van der Waals surface area contributed by atoms with Gasteiger partial charge in [-0.3, -0.25) is 4.90 Å². The molecular weight excluding hydrogens is 247 g/mol. The molecule has 0 fully saturated rings. The number of halogens is 3. The Bertz CT molecular complexity index is 411. The van der Waals surface area contributed by atoms with Crippen LogP contribution in [0.1, 0.15) is 26.2 Å². The van der Waals surface area contributed by atoms with Crippen LogP contribution in [0.25, 0.3) is 0 Å². The number of rotatable bonds is 4. The third kappa shape index (κ3) is 2.94. The predicted molar refractivity (Wildman–Crippen MR) is 60.9 cm³/mol. The van der Waals surface area contributed by atoms with Gasteiger partial charge in [-0.1, -0.05) is 5.92 Å². The summed E-state index contributed by atoms with van der Waals surface area (Å²) in [5, 5.41) is 0. The fraction of sp³-hybridized carbons (Fsp3) is 0.636. The quantitative estimate of drug-likeness (QED) is 0.786. The third-order valence-electron chi connectivity index (χ3n) is 2.97. The molecular formula is C11H14F3N3O. The predicted octanol–water partition coefficient (Wildman–Crippen LogP) is 1.90. The van der Waals surface area contributed by atoms with Gasteiger partial charge >= 0.3 is 12.2 Å². The molecule has 0 aromatic carbocycles. The number of urea groups is 1. The fourth-order valence-electron chi connectivity index (χ4n) is 1.86. The monoisotopic (exact) mass is 261 g/mol. The number of hydrogen-bond acceptors (Lipinski definition) is 2. The van der Waals surface area contributed by atoms with E-state index < -0.39 is 24.2 Å². The zero-order chi connectivity index (χ0) is 14.0. The molecule has 0 saturated heterocycles. The van der Waals surface area contributed by atoms with Gasteiger partial charge in [-0.15, -0.1) is 6.42 Å². The zero-order valence-corrected chi connectivity index (χ0v) is 9.92. The number of aliphatic imine (C=N–C) groups is 1. The molecule has 0 spiro atoms. The second kappa shape index (κ2) is 4.88. The van der Waals surface area contributed by atoms with Crippen LogP contribution in [0.2, 0.25) is 0 Å². The molecule has 0 aliphatic carbocycles. The van der Waals surface area contributed by atoms with E-state index in [4.69, 9.17) is 12.2 Å². The Morgan fingerprint density at radius 1 is 1.56 bits per heavy atom. The average molecular weight is 261 g/mol. The van der Waals surface area contributed by atoms with E-state index in [1.54, 1.807) is 6.92 Å². The normalized spacial score (nSPS) is 24.1. The molecule has 1 atom stereocenters. The molecule has 1 heterocycles. The molecule has 7 heteroatoms. The first-order valence-electron chi connectivity index (χ1n) is 5.37. The largest absolute Gasteiger partial charge is 0.389 e. The van der Waals surface area contributed by atoms with Crippen molar-refractivity contribution in [2.75, 3.05) is 6.54 Å². The van der Waals surface area contributed by atoms with Gasteiger partial charge in [-0.25, -0.2) is 4.79 Å². The molecule has 0 saturated carbocycles. The van der Waals surface area contributed by atoms with Crippen LogP contribution in [0.15, 0.2) is 4.99 Å². The molecule has 0 aromatic rings. The summed E-state index contributed by atoms with van der Waals surface area (Å²) in [5.74, 6) is 2.29. The second-order valence-corrected chi connectivity index (χ2v) is 4.31. The Kier molecular flexibility index (Phi) is 3.89. The summed E-state index contributed by atoms with van der Waals surface area (Å²) in [7, 11) is 0. The van der Waals surface area contributed by atoms with Crippen molar-refractivity contribution in [1.82, 2.24) is 4.90 Å². The lowest BCUT2D eigenvalue weighted by molar-refractivity contribution is -0.136. The van der Waals surface area contributed by atoms with E-state index in [9.17, 15) is 18.0 Å². The minimum atomic E-state index is -4.22. The van der Waals surface area contributed by atoms with Crippen LogP contribution >= 0.6 is 0 Å². The minimum absolute atomic E-state index is 0.0184. The standard InChI is InChI=1S/C11H14F3N3O/c1-3-7-17-9(18)16-8(15)10(17,2)5-4-6-11(12,13)14/h1H,4-7H2,2H3,(H2,15,16,18). The van der Waals surface area contributed by atoms with Crippen molar-refractivity contribution in [2.24, 2.45) is 10.7 Å². The van der Waals surface area contributed by atoms with Gasteiger partial charge in [-0.2, -0.15) is 18.2 Å². The highest BCUT2D eigenvalue weighted by Gasteiger charge is 2.44. The fourth-order valence-corrected chi connectivity index (χ4v) is 1.86. The topological polar surface area (TPSA) is 58.7 Å².